The summed E-state index contributed by atoms with van der Waals surface area (Å²) in [4.78, 5) is 31.6. The van der Waals surface area contributed by atoms with Gasteiger partial charge in [0.05, 0.1) is 6.04 Å². The Morgan fingerprint density at radius 3 is 2.57 bits per heavy atom. The molecule has 0 saturated heterocycles. The zero-order valence-corrected chi connectivity index (χ0v) is 15.4. The minimum atomic E-state index is -4.50. The van der Waals surface area contributed by atoms with Gasteiger partial charge in [-0.1, -0.05) is 6.07 Å². The first-order valence-electron chi connectivity index (χ1n) is 8.27. The van der Waals surface area contributed by atoms with E-state index in [9.17, 15) is 22.8 Å². The van der Waals surface area contributed by atoms with Gasteiger partial charge in [-0.15, -0.1) is 0 Å². The molecule has 7 nitrogen and oxygen atoms in total. The van der Waals surface area contributed by atoms with Crippen LogP contribution in [0.4, 0.5) is 19.0 Å². The van der Waals surface area contributed by atoms with Crippen LogP contribution in [0.25, 0.3) is 0 Å². The number of aromatic nitrogens is 2. The minimum Gasteiger partial charge on any atom is -0.468 e. The van der Waals surface area contributed by atoms with Crippen molar-refractivity contribution in [2.75, 3.05) is 11.9 Å². The number of halogens is 3. The third kappa shape index (κ3) is 6.53. The zero-order valence-electron chi connectivity index (χ0n) is 15.4. The maximum atomic E-state index is 12.4. The number of amides is 2. The average molecular weight is 396 g/mol. The van der Waals surface area contributed by atoms with Gasteiger partial charge in [-0.2, -0.15) is 13.2 Å². The van der Waals surface area contributed by atoms with Crippen molar-refractivity contribution in [3.8, 4) is 5.88 Å². The molecular formula is C18H19F3N4O3. The van der Waals surface area contributed by atoms with E-state index < -0.39 is 24.7 Å². The lowest BCUT2D eigenvalue weighted by molar-refractivity contribution is -0.154. The summed E-state index contributed by atoms with van der Waals surface area (Å²) in [6.07, 6.45) is -4.50. The average Bonchev–Trinajstić information content (AvgIpc) is 2.58. The topological polar surface area (TPSA) is 93.2 Å². The number of hydrogen-bond donors (Lipinski definition) is 2. The number of nitrogens with zero attached hydrogens (tertiary/aromatic N) is 2. The molecule has 1 atom stereocenters. The van der Waals surface area contributed by atoms with Crippen LogP contribution in [-0.2, 0) is 4.79 Å². The molecule has 0 spiro atoms. The molecular weight excluding hydrogens is 377 g/mol. The van der Waals surface area contributed by atoms with Crippen molar-refractivity contribution in [1.29, 1.82) is 0 Å². The lowest BCUT2D eigenvalue weighted by Crippen LogP contribution is -2.28. The minimum absolute atomic E-state index is 0.0839. The van der Waals surface area contributed by atoms with E-state index >= 15 is 0 Å². The number of ether oxygens (including phenoxy) is 1. The van der Waals surface area contributed by atoms with E-state index in [1.165, 1.54) is 25.1 Å². The molecule has 0 aliphatic heterocycles. The third-order valence-corrected chi connectivity index (χ3v) is 3.47. The van der Waals surface area contributed by atoms with Gasteiger partial charge in [-0.3, -0.25) is 9.59 Å². The van der Waals surface area contributed by atoms with Gasteiger partial charge in [-0.05, 0) is 37.6 Å². The monoisotopic (exact) mass is 396 g/mol. The van der Waals surface area contributed by atoms with Crippen LogP contribution < -0.4 is 15.4 Å². The molecule has 0 fully saturated rings. The van der Waals surface area contributed by atoms with Gasteiger partial charge in [0.2, 0.25) is 11.8 Å². The van der Waals surface area contributed by atoms with Gasteiger partial charge in [0.1, 0.15) is 11.5 Å². The molecule has 2 N–H and O–H groups in total. The second-order valence-corrected chi connectivity index (χ2v) is 6.07. The molecule has 2 aromatic heterocycles. The number of carbonyl (C=O) groups is 2. The van der Waals surface area contributed by atoms with Crippen molar-refractivity contribution in [1.82, 2.24) is 15.3 Å². The summed E-state index contributed by atoms with van der Waals surface area (Å²) in [5.74, 6) is -0.810. The van der Waals surface area contributed by atoms with Crippen LogP contribution in [0.5, 0.6) is 5.88 Å². The number of anilines is 1. The summed E-state index contributed by atoms with van der Waals surface area (Å²) < 4.78 is 41.3. The SMILES string of the molecule is CC(=O)Nc1cc(C(C)NC(=O)c2cccc(OCC(F)(F)F)n2)cc(C)n1. The second-order valence-electron chi connectivity index (χ2n) is 6.07. The Balaban J connectivity index is 2.10. The summed E-state index contributed by atoms with van der Waals surface area (Å²) in [5.41, 5.74) is 1.25. The van der Waals surface area contributed by atoms with Gasteiger partial charge in [0.15, 0.2) is 6.61 Å². The van der Waals surface area contributed by atoms with E-state index in [-0.39, 0.29) is 17.5 Å². The molecule has 2 amide bonds. The number of nitrogens with one attached hydrogen (secondary N) is 2. The van der Waals surface area contributed by atoms with Gasteiger partial charge < -0.3 is 15.4 Å². The number of rotatable bonds is 6. The van der Waals surface area contributed by atoms with Gasteiger partial charge in [0.25, 0.3) is 5.91 Å². The molecule has 0 aromatic carbocycles. The van der Waals surface area contributed by atoms with Gasteiger partial charge in [-0.25, -0.2) is 9.97 Å². The van der Waals surface area contributed by atoms with E-state index in [2.05, 4.69) is 25.3 Å². The quantitative estimate of drug-likeness (QED) is 0.782. The summed E-state index contributed by atoms with van der Waals surface area (Å²) in [5, 5.41) is 5.28. The third-order valence-electron chi connectivity index (χ3n) is 3.47. The van der Waals surface area contributed by atoms with Crippen LogP contribution >= 0.6 is 0 Å². The Kier molecular flexibility index (Phi) is 6.55. The first kappa shape index (κ1) is 21.1. The fraction of sp³-hybridized carbons (Fsp3) is 0.333. The van der Waals surface area contributed by atoms with Crippen molar-refractivity contribution in [3.63, 3.8) is 0 Å². The van der Waals surface area contributed by atoms with Crippen LogP contribution in [-0.4, -0.2) is 34.6 Å². The van der Waals surface area contributed by atoms with Crippen molar-refractivity contribution in [2.45, 2.75) is 33.0 Å². The molecule has 150 valence electrons. The van der Waals surface area contributed by atoms with E-state index in [0.29, 0.717) is 17.1 Å². The highest BCUT2D eigenvalue weighted by Gasteiger charge is 2.28. The normalized spacial score (nSPS) is 12.2. The highest BCUT2D eigenvalue weighted by atomic mass is 19.4. The van der Waals surface area contributed by atoms with Gasteiger partial charge >= 0.3 is 6.18 Å². The van der Waals surface area contributed by atoms with Crippen molar-refractivity contribution in [3.05, 3.63) is 47.3 Å². The van der Waals surface area contributed by atoms with Crippen LogP contribution in [0.15, 0.2) is 30.3 Å². The number of pyridine rings is 2. The van der Waals surface area contributed by atoms with Crippen LogP contribution in [0.1, 0.15) is 41.6 Å². The molecule has 0 saturated carbocycles. The Morgan fingerprint density at radius 2 is 1.93 bits per heavy atom. The maximum Gasteiger partial charge on any atom is 0.422 e. The van der Waals surface area contributed by atoms with E-state index in [0.717, 1.165) is 0 Å². The fourth-order valence-electron chi connectivity index (χ4n) is 2.32. The Hall–Kier alpha value is -3.17. The molecule has 0 bridgehead atoms. The summed E-state index contributed by atoms with van der Waals surface area (Å²) in [6, 6.07) is 6.87. The van der Waals surface area contributed by atoms with Gasteiger partial charge in [0, 0.05) is 18.7 Å². The lowest BCUT2D eigenvalue weighted by atomic mass is 10.1. The number of alkyl halides is 3. The lowest BCUT2D eigenvalue weighted by Gasteiger charge is -2.16. The number of hydrogen-bond acceptors (Lipinski definition) is 5. The summed E-state index contributed by atoms with van der Waals surface area (Å²) in [6.45, 7) is 3.32. The van der Waals surface area contributed by atoms with Crippen molar-refractivity contribution in [2.24, 2.45) is 0 Å². The van der Waals surface area contributed by atoms with Crippen LogP contribution in [0, 0.1) is 6.92 Å². The van der Waals surface area contributed by atoms with E-state index in [1.54, 1.807) is 26.0 Å². The fourth-order valence-corrected chi connectivity index (χ4v) is 2.32. The summed E-state index contributed by atoms with van der Waals surface area (Å²) in [7, 11) is 0. The molecule has 2 aromatic rings. The number of aryl methyl sites for hydroxylation is 1. The van der Waals surface area contributed by atoms with Crippen molar-refractivity contribution >= 4 is 17.6 Å². The Labute approximate surface area is 159 Å². The van der Waals surface area contributed by atoms with Crippen molar-refractivity contribution < 1.29 is 27.5 Å². The highest BCUT2D eigenvalue weighted by Crippen LogP contribution is 2.19. The second kappa shape index (κ2) is 8.68. The Bertz CT molecular complexity index is 871. The largest absolute Gasteiger partial charge is 0.468 e. The van der Waals surface area contributed by atoms with E-state index in [4.69, 9.17) is 0 Å². The highest BCUT2D eigenvalue weighted by molar-refractivity contribution is 5.92. The predicted octanol–water partition coefficient (Wildman–Crippen LogP) is 3.18. The number of carbonyl (C=O) groups excluding carboxylic acids is 2. The molecule has 2 rings (SSSR count). The standard InChI is InChI=1S/C18H19F3N4O3/c1-10-7-13(8-15(22-10)24-12(3)26)11(2)23-17(27)14-5-4-6-16(25-14)28-9-18(19,20)21/h4-8,11H,9H2,1-3H3,(H,23,27)(H,22,24,26). The van der Waals surface area contributed by atoms with Crippen LogP contribution in [0.2, 0.25) is 0 Å². The zero-order chi connectivity index (χ0) is 20.9. The maximum absolute atomic E-state index is 12.4. The predicted molar refractivity (Wildman–Crippen MR) is 94.9 cm³/mol. The molecule has 0 radical (unpaired) electrons. The molecule has 2 heterocycles. The molecule has 0 aliphatic rings. The molecule has 1 unspecified atom stereocenters. The first-order chi connectivity index (χ1) is 13.0. The molecule has 10 heteroatoms. The van der Waals surface area contributed by atoms with Crippen LogP contribution in [0.3, 0.4) is 0 Å². The van der Waals surface area contributed by atoms with E-state index in [1.807, 2.05) is 0 Å². The molecule has 28 heavy (non-hydrogen) atoms. The Morgan fingerprint density at radius 1 is 1.21 bits per heavy atom. The first-order valence-corrected chi connectivity index (χ1v) is 8.27. The summed E-state index contributed by atoms with van der Waals surface area (Å²) >= 11 is 0. The molecule has 0 aliphatic carbocycles. The smallest absolute Gasteiger partial charge is 0.422 e.